The summed E-state index contributed by atoms with van der Waals surface area (Å²) in [5.74, 6) is 1.09. The summed E-state index contributed by atoms with van der Waals surface area (Å²) in [5, 5.41) is 0. The molecule has 0 radical (unpaired) electrons. The number of rotatable bonds is 5. The number of carbonyl (C=O) groups is 1. The summed E-state index contributed by atoms with van der Waals surface area (Å²) in [7, 11) is 0. The first-order valence-corrected chi connectivity index (χ1v) is 7.38. The van der Waals surface area contributed by atoms with Crippen LogP contribution in [0.1, 0.15) is 31.2 Å². The lowest BCUT2D eigenvalue weighted by Crippen LogP contribution is -2.42. The van der Waals surface area contributed by atoms with E-state index in [1.165, 1.54) is 5.56 Å². The number of aryl methyl sites for hydroxylation is 1. The van der Waals surface area contributed by atoms with Gasteiger partial charge < -0.3 is 15.4 Å². The maximum Gasteiger partial charge on any atom is 0.222 e. The van der Waals surface area contributed by atoms with Crippen molar-refractivity contribution in [1.82, 2.24) is 4.90 Å². The second kappa shape index (κ2) is 7.29. The monoisotopic (exact) mass is 276 g/mol. The maximum absolute atomic E-state index is 12.0. The number of nitrogens with two attached hydrogens (primary N) is 1. The van der Waals surface area contributed by atoms with Gasteiger partial charge in [-0.1, -0.05) is 17.7 Å². The van der Waals surface area contributed by atoms with Gasteiger partial charge in [0.2, 0.25) is 5.91 Å². The normalized spacial score (nSPS) is 16.2. The third-order valence-corrected chi connectivity index (χ3v) is 3.72. The Hall–Kier alpha value is -1.55. The number of benzene rings is 1. The number of ether oxygens (including phenoxy) is 1. The number of nitrogens with zero attached hydrogens (tertiary/aromatic N) is 1. The molecular formula is C16H24N2O2. The molecule has 1 aromatic carbocycles. The van der Waals surface area contributed by atoms with Crippen LogP contribution in [0.3, 0.4) is 0 Å². The van der Waals surface area contributed by atoms with Crippen LogP contribution in [0, 0.1) is 6.92 Å². The minimum Gasteiger partial charge on any atom is -0.494 e. The van der Waals surface area contributed by atoms with Gasteiger partial charge in [-0.05, 0) is 38.3 Å². The lowest BCUT2D eigenvalue weighted by atomic mass is 10.1. The Labute approximate surface area is 120 Å². The molecule has 1 aromatic rings. The van der Waals surface area contributed by atoms with E-state index in [9.17, 15) is 4.79 Å². The largest absolute Gasteiger partial charge is 0.494 e. The second-order valence-electron chi connectivity index (χ2n) is 5.48. The average Bonchev–Trinajstić information content (AvgIpc) is 2.46. The van der Waals surface area contributed by atoms with Gasteiger partial charge in [-0.15, -0.1) is 0 Å². The van der Waals surface area contributed by atoms with Crippen molar-refractivity contribution in [1.29, 1.82) is 0 Å². The molecule has 20 heavy (non-hydrogen) atoms. The van der Waals surface area contributed by atoms with Crippen LogP contribution >= 0.6 is 0 Å². The van der Waals surface area contributed by atoms with E-state index < -0.39 is 0 Å². The summed E-state index contributed by atoms with van der Waals surface area (Å²) in [6, 6.07) is 8.24. The molecule has 0 bridgehead atoms. The molecule has 1 aliphatic heterocycles. The lowest BCUT2D eigenvalue weighted by Gasteiger charge is -2.30. The van der Waals surface area contributed by atoms with Crippen molar-refractivity contribution in [2.45, 2.75) is 38.6 Å². The Morgan fingerprint density at radius 3 is 2.60 bits per heavy atom. The van der Waals surface area contributed by atoms with Crippen molar-refractivity contribution in [2.24, 2.45) is 5.73 Å². The Morgan fingerprint density at radius 1 is 1.30 bits per heavy atom. The van der Waals surface area contributed by atoms with Gasteiger partial charge in [0, 0.05) is 25.6 Å². The number of hydrogen-bond donors (Lipinski definition) is 1. The molecule has 0 spiro atoms. The van der Waals surface area contributed by atoms with E-state index in [-0.39, 0.29) is 11.9 Å². The van der Waals surface area contributed by atoms with Crippen LogP contribution in [0.4, 0.5) is 0 Å². The molecule has 110 valence electrons. The fourth-order valence-electron chi connectivity index (χ4n) is 2.35. The Bertz CT molecular complexity index is 423. The third-order valence-electron chi connectivity index (χ3n) is 3.72. The highest BCUT2D eigenvalue weighted by Crippen LogP contribution is 2.13. The molecule has 2 N–H and O–H groups in total. The van der Waals surface area contributed by atoms with Gasteiger partial charge >= 0.3 is 0 Å². The van der Waals surface area contributed by atoms with Crippen LogP contribution in [0.25, 0.3) is 0 Å². The molecule has 1 saturated heterocycles. The Balaban J connectivity index is 1.63. The number of carbonyl (C=O) groups excluding carboxylic acids is 1. The molecule has 0 unspecified atom stereocenters. The number of amides is 1. The molecule has 4 nitrogen and oxygen atoms in total. The molecule has 0 saturated carbocycles. The molecule has 4 heteroatoms. The van der Waals surface area contributed by atoms with Crippen molar-refractivity contribution in [3.63, 3.8) is 0 Å². The first-order chi connectivity index (χ1) is 9.65. The zero-order chi connectivity index (χ0) is 14.4. The van der Waals surface area contributed by atoms with Gasteiger partial charge in [0.15, 0.2) is 0 Å². The second-order valence-corrected chi connectivity index (χ2v) is 5.48. The van der Waals surface area contributed by atoms with Gasteiger partial charge in [0.25, 0.3) is 0 Å². The highest BCUT2D eigenvalue weighted by Gasteiger charge is 2.19. The number of likely N-dealkylation sites (tertiary alicyclic amines) is 1. The summed E-state index contributed by atoms with van der Waals surface area (Å²) in [6.07, 6.45) is 3.16. The smallest absolute Gasteiger partial charge is 0.222 e. The fourth-order valence-corrected chi connectivity index (χ4v) is 2.35. The van der Waals surface area contributed by atoms with E-state index in [1.54, 1.807) is 0 Å². The molecule has 0 atom stereocenters. The summed E-state index contributed by atoms with van der Waals surface area (Å²) in [5.41, 5.74) is 7.05. The van der Waals surface area contributed by atoms with Crippen molar-refractivity contribution in [3.8, 4) is 5.75 Å². The molecular weight excluding hydrogens is 252 g/mol. The first kappa shape index (κ1) is 14.9. The van der Waals surface area contributed by atoms with Crippen LogP contribution in [0.2, 0.25) is 0 Å². The van der Waals surface area contributed by atoms with Crippen molar-refractivity contribution < 1.29 is 9.53 Å². The summed E-state index contributed by atoms with van der Waals surface area (Å²) >= 11 is 0. The third kappa shape index (κ3) is 4.53. The number of hydrogen-bond acceptors (Lipinski definition) is 3. The lowest BCUT2D eigenvalue weighted by molar-refractivity contribution is -0.132. The van der Waals surface area contributed by atoms with Crippen LogP contribution < -0.4 is 10.5 Å². The van der Waals surface area contributed by atoms with E-state index in [1.807, 2.05) is 36.1 Å². The standard InChI is InChI=1S/C16H24N2O2/c1-13-4-6-15(7-5-13)20-12-2-3-16(19)18-10-8-14(17)9-11-18/h4-7,14H,2-3,8-12,17H2,1H3. The van der Waals surface area contributed by atoms with Crippen molar-refractivity contribution in [3.05, 3.63) is 29.8 Å². The highest BCUT2D eigenvalue weighted by atomic mass is 16.5. The van der Waals surface area contributed by atoms with E-state index in [4.69, 9.17) is 10.5 Å². The molecule has 1 amide bonds. The predicted octanol–water partition coefficient (Wildman–Crippen LogP) is 2.10. The first-order valence-electron chi connectivity index (χ1n) is 7.38. The van der Waals surface area contributed by atoms with E-state index in [0.717, 1.165) is 38.1 Å². The zero-order valence-electron chi connectivity index (χ0n) is 12.2. The predicted molar refractivity (Wildman–Crippen MR) is 79.7 cm³/mol. The molecule has 1 aliphatic rings. The Kier molecular flexibility index (Phi) is 5.41. The topological polar surface area (TPSA) is 55.6 Å². The molecule has 0 aliphatic carbocycles. The molecule has 1 heterocycles. The van der Waals surface area contributed by atoms with Crippen molar-refractivity contribution >= 4 is 5.91 Å². The minimum atomic E-state index is 0.226. The van der Waals surface area contributed by atoms with Gasteiger partial charge in [0.1, 0.15) is 5.75 Å². The summed E-state index contributed by atoms with van der Waals surface area (Å²) in [6.45, 7) is 4.24. The van der Waals surface area contributed by atoms with Gasteiger partial charge in [-0.2, -0.15) is 0 Å². The van der Waals surface area contributed by atoms with Gasteiger partial charge in [0.05, 0.1) is 6.61 Å². The minimum absolute atomic E-state index is 0.226. The van der Waals surface area contributed by atoms with Crippen LogP contribution in [0.15, 0.2) is 24.3 Å². The quantitative estimate of drug-likeness (QED) is 0.838. The van der Waals surface area contributed by atoms with E-state index >= 15 is 0 Å². The Morgan fingerprint density at radius 2 is 1.95 bits per heavy atom. The van der Waals surface area contributed by atoms with Crippen LogP contribution in [0.5, 0.6) is 5.75 Å². The molecule has 0 aromatic heterocycles. The highest BCUT2D eigenvalue weighted by molar-refractivity contribution is 5.76. The summed E-state index contributed by atoms with van der Waals surface area (Å²) < 4.78 is 5.63. The molecule has 2 rings (SSSR count). The fraction of sp³-hybridized carbons (Fsp3) is 0.562. The summed E-state index contributed by atoms with van der Waals surface area (Å²) in [4.78, 5) is 13.9. The van der Waals surface area contributed by atoms with Crippen molar-refractivity contribution in [2.75, 3.05) is 19.7 Å². The molecule has 1 fully saturated rings. The van der Waals surface area contributed by atoms with E-state index in [0.29, 0.717) is 13.0 Å². The van der Waals surface area contributed by atoms with Gasteiger partial charge in [-0.3, -0.25) is 4.79 Å². The van der Waals surface area contributed by atoms with Crippen LogP contribution in [-0.4, -0.2) is 36.5 Å². The van der Waals surface area contributed by atoms with E-state index in [2.05, 4.69) is 0 Å². The van der Waals surface area contributed by atoms with Crippen LogP contribution in [-0.2, 0) is 4.79 Å². The average molecular weight is 276 g/mol. The number of piperidine rings is 1. The van der Waals surface area contributed by atoms with Gasteiger partial charge in [-0.25, -0.2) is 0 Å². The SMILES string of the molecule is Cc1ccc(OCCCC(=O)N2CCC(N)CC2)cc1. The zero-order valence-corrected chi connectivity index (χ0v) is 12.2. The maximum atomic E-state index is 12.0.